The first-order chi connectivity index (χ1) is 12.0. The fourth-order valence-electron chi connectivity index (χ4n) is 2.85. The molecule has 124 valence electrons. The molecule has 1 aromatic heterocycles. The molecule has 1 nitrogen and oxygen atoms in total. The standard InChI is InChI=1S/C20H11BrF2OS/c21-13-7-4-11(5-8-13)18-14-2-1-3-17(24)20(14)25-19(18)12-6-9-15(22)16(23)10-12/h1-10,24H. The van der Waals surface area contributed by atoms with Crippen molar-refractivity contribution >= 4 is 37.4 Å². The summed E-state index contributed by atoms with van der Waals surface area (Å²) in [4.78, 5) is 0.790. The second-order valence-corrected chi connectivity index (χ2v) is 7.53. The summed E-state index contributed by atoms with van der Waals surface area (Å²) >= 11 is 4.79. The van der Waals surface area contributed by atoms with Gasteiger partial charge in [0.05, 0.1) is 4.70 Å². The van der Waals surface area contributed by atoms with Crippen molar-refractivity contribution in [3.05, 3.63) is 76.8 Å². The lowest BCUT2D eigenvalue weighted by Crippen LogP contribution is -1.85. The number of halogens is 3. The molecule has 1 heterocycles. The van der Waals surface area contributed by atoms with E-state index in [0.717, 1.165) is 36.6 Å². The van der Waals surface area contributed by atoms with Gasteiger partial charge in [-0.2, -0.15) is 0 Å². The van der Waals surface area contributed by atoms with E-state index in [1.807, 2.05) is 30.3 Å². The van der Waals surface area contributed by atoms with Gasteiger partial charge >= 0.3 is 0 Å². The lowest BCUT2D eigenvalue weighted by atomic mass is 9.99. The molecule has 0 spiro atoms. The lowest BCUT2D eigenvalue weighted by molar-refractivity contribution is 0.482. The Bertz CT molecular complexity index is 1090. The second-order valence-electron chi connectivity index (χ2n) is 5.60. The van der Waals surface area contributed by atoms with Gasteiger partial charge < -0.3 is 5.11 Å². The summed E-state index contributed by atoms with van der Waals surface area (Å²) in [5, 5.41) is 11.1. The largest absolute Gasteiger partial charge is 0.506 e. The molecule has 0 saturated heterocycles. The molecule has 0 bridgehead atoms. The van der Waals surface area contributed by atoms with Crippen LogP contribution in [0.3, 0.4) is 0 Å². The third-order valence-corrected chi connectivity index (χ3v) is 5.82. The highest BCUT2D eigenvalue weighted by Crippen LogP contribution is 2.47. The molecule has 5 heteroatoms. The second kappa shape index (κ2) is 6.24. The summed E-state index contributed by atoms with van der Waals surface area (Å²) in [6, 6.07) is 17.0. The summed E-state index contributed by atoms with van der Waals surface area (Å²) in [5.41, 5.74) is 2.42. The van der Waals surface area contributed by atoms with Gasteiger partial charge in [-0.15, -0.1) is 11.3 Å². The zero-order chi connectivity index (χ0) is 17.6. The molecule has 0 aliphatic rings. The van der Waals surface area contributed by atoms with Crippen LogP contribution in [-0.4, -0.2) is 5.11 Å². The third-order valence-electron chi connectivity index (χ3n) is 4.01. The molecular formula is C20H11BrF2OS. The Morgan fingerprint density at radius 2 is 1.56 bits per heavy atom. The van der Waals surface area contributed by atoms with Gasteiger partial charge in [0.15, 0.2) is 11.6 Å². The maximum atomic E-state index is 13.8. The van der Waals surface area contributed by atoms with Gasteiger partial charge in [0.1, 0.15) is 5.75 Å². The van der Waals surface area contributed by atoms with Crippen molar-refractivity contribution in [2.75, 3.05) is 0 Å². The fraction of sp³-hybridized carbons (Fsp3) is 0. The van der Waals surface area contributed by atoms with E-state index in [-0.39, 0.29) is 5.75 Å². The summed E-state index contributed by atoms with van der Waals surface area (Å²) in [7, 11) is 0. The van der Waals surface area contributed by atoms with Crippen LogP contribution in [0.5, 0.6) is 5.75 Å². The predicted octanol–water partition coefficient (Wildman–Crippen LogP) is 6.98. The van der Waals surface area contributed by atoms with Crippen LogP contribution in [0.25, 0.3) is 31.7 Å². The molecule has 0 atom stereocenters. The van der Waals surface area contributed by atoms with Crippen LogP contribution in [0, 0.1) is 11.6 Å². The average Bonchev–Trinajstić information content (AvgIpc) is 2.99. The SMILES string of the molecule is Oc1cccc2c(-c3ccc(Br)cc3)c(-c3ccc(F)c(F)c3)sc12. The number of thiophene rings is 1. The summed E-state index contributed by atoms with van der Waals surface area (Å²) in [5.74, 6) is -1.59. The molecule has 25 heavy (non-hydrogen) atoms. The first-order valence-corrected chi connectivity index (χ1v) is 9.11. The number of hydrogen-bond acceptors (Lipinski definition) is 2. The van der Waals surface area contributed by atoms with Crippen LogP contribution in [-0.2, 0) is 0 Å². The van der Waals surface area contributed by atoms with E-state index in [1.165, 1.54) is 17.4 Å². The lowest BCUT2D eigenvalue weighted by Gasteiger charge is -2.07. The van der Waals surface area contributed by atoms with Crippen LogP contribution in [0.1, 0.15) is 0 Å². The molecule has 0 saturated carbocycles. The molecule has 1 N–H and O–H groups in total. The number of aromatic hydroxyl groups is 1. The van der Waals surface area contributed by atoms with E-state index in [1.54, 1.807) is 18.2 Å². The Hall–Kier alpha value is -2.24. The zero-order valence-corrected chi connectivity index (χ0v) is 15.2. The topological polar surface area (TPSA) is 20.2 Å². The predicted molar refractivity (Wildman–Crippen MR) is 102 cm³/mol. The van der Waals surface area contributed by atoms with Crippen LogP contribution in [0.2, 0.25) is 0 Å². The Morgan fingerprint density at radius 1 is 0.840 bits per heavy atom. The number of rotatable bonds is 2. The molecule has 0 amide bonds. The number of phenols is 1. The van der Waals surface area contributed by atoms with Gasteiger partial charge in [0, 0.05) is 20.3 Å². The van der Waals surface area contributed by atoms with E-state index < -0.39 is 11.6 Å². The average molecular weight is 417 g/mol. The first kappa shape index (κ1) is 16.2. The Labute approximate surface area is 155 Å². The molecule has 0 radical (unpaired) electrons. The molecule has 0 aliphatic carbocycles. The molecule has 4 rings (SSSR count). The number of phenolic OH excluding ortho intramolecular Hbond substituents is 1. The summed E-state index contributed by atoms with van der Waals surface area (Å²) in [6.45, 7) is 0. The van der Waals surface area contributed by atoms with E-state index in [2.05, 4.69) is 15.9 Å². The van der Waals surface area contributed by atoms with Gasteiger partial charge in [-0.3, -0.25) is 0 Å². The Morgan fingerprint density at radius 3 is 2.28 bits per heavy atom. The van der Waals surface area contributed by atoms with E-state index in [9.17, 15) is 13.9 Å². The normalized spacial score (nSPS) is 11.2. The van der Waals surface area contributed by atoms with Crippen LogP contribution in [0.15, 0.2) is 65.1 Å². The molecule has 0 unspecified atom stereocenters. The van der Waals surface area contributed by atoms with Crippen molar-refractivity contribution in [1.29, 1.82) is 0 Å². The highest BCUT2D eigenvalue weighted by Gasteiger charge is 2.18. The molecular weight excluding hydrogens is 406 g/mol. The zero-order valence-electron chi connectivity index (χ0n) is 12.8. The summed E-state index contributed by atoms with van der Waals surface area (Å²) in [6.07, 6.45) is 0. The summed E-state index contributed by atoms with van der Waals surface area (Å²) < 4.78 is 28.8. The van der Waals surface area contributed by atoms with E-state index >= 15 is 0 Å². The maximum Gasteiger partial charge on any atom is 0.159 e. The van der Waals surface area contributed by atoms with E-state index in [0.29, 0.717) is 5.56 Å². The Balaban J connectivity index is 2.06. The fourth-order valence-corrected chi connectivity index (χ4v) is 4.34. The van der Waals surface area contributed by atoms with E-state index in [4.69, 9.17) is 0 Å². The van der Waals surface area contributed by atoms with Gasteiger partial charge in [-0.05, 0) is 41.5 Å². The van der Waals surface area contributed by atoms with Crippen molar-refractivity contribution in [2.45, 2.75) is 0 Å². The van der Waals surface area contributed by atoms with Crippen LogP contribution < -0.4 is 0 Å². The van der Waals surface area contributed by atoms with Gasteiger partial charge in [-0.1, -0.05) is 46.3 Å². The first-order valence-electron chi connectivity index (χ1n) is 7.50. The number of fused-ring (bicyclic) bond motifs is 1. The minimum atomic E-state index is -0.888. The maximum absolute atomic E-state index is 13.8. The van der Waals surface area contributed by atoms with Gasteiger partial charge in [0.2, 0.25) is 0 Å². The monoisotopic (exact) mass is 416 g/mol. The Kier molecular flexibility index (Phi) is 4.06. The molecule has 0 fully saturated rings. The molecule has 4 aromatic rings. The van der Waals surface area contributed by atoms with Crippen LogP contribution in [0.4, 0.5) is 8.78 Å². The van der Waals surface area contributed by atoms with Crippen molar-refractivity contribution in [3.8, 4) is 27.3 Å². The third kappa shape index (κ3) is 2.83. The van der Waals surface area contributed by atoms with Crippen molar-refractivity contribution in [3.63, 3.8) is 0 Å². The molecule has 3 aromatic carbocycles. The number of hydrogen-bond donors (Lipinski definition) is 1. The van der Waals surface area contributed by atoms with Crippen LogP contribution >= 0.6 is 27.3 Å². The van der Waals surface area contributed by atoms with Gasteiger partial charge in [-0.25, -0.2) is 8.78 Å². The molecule has 0 aliphatic heterocycles. The van der Waals surface area contributed by atoms with Crippen molar-refractivity contribution in [2.24, 2.45) is 0 Å². The van der Waals surface area contributed by atoms with Gasteiger partial charge in [0.25, 0.3) is 0 Å². The quantitative estimate of drug-likeness (QED) is 0.373. The highest BCUT2D eigenvalue weighted by molar-refractivity contribution is 9.10. The van der Waals surface area contributed by atoms with Crippen molar-refractivity contribution in [1.82, 2.24) is 0 Å². The number of benzene rings is 3. The minimum absolute atomic E-state index is 0.176. The van der Waals surface area contributed by atoms with Crippen molar-refractivity contribution < 1.29 is 13.9 Å². The smallest absolute Gasteiger partial charge is 0.159 e. The minimum Gasteiger partial charge on any atom is -0.506 e. The highest BCUT2D eigenvalue weighted by atomic mass is 79.9.